The van der Waals surface area contributed by atoms with Crippen molar-refractivity contribution in [1.29, 1.82) is 0 Å². The maximum atomic E-state index is 13.1. The van der Waals surface area contributed by atoms with Gasteiger partial charge in [-0.25, -0.2) is 9.47 Å². The van der Waals surface area contributed by atoms with E-state index in [0.29, 0.717) is 0 Å². The van der Waals surface area contributed by atoms with E-state index in [0.717, 1.165) is 0 Å². The van der Waals surface area contributed by atoms with E-state index in [1.807, 2.05) is 5.92 Å². The monoisotopic (exact) mass is 498 g/mol. The van der Waals surface area contributed by atoms with Crippen LogP contribution in [0.3, 0.4) is 0 Å². The van der Waals surface area contributed by atoms with Crippen LogP contribution in [0.25, 0.3) is 0 Å². The van der Waals surface area contributed by atoms with Gasteiger partial charge in [-0.05, 0) is 6.42 Å². The molecule has 0 rings (SSSR count). The zero-order valence-corrected chi connectivity index (χ0v) is 14.3. The minimum Gasteiger partial charge on any atom is -0.372 e. The molecule has 0 aliphatic carbocycles. The van der Waals surface area contributed by atoms with Crippen LogP contribution in [0.2, 0.25) is 0 Å². The molecular formula is C13H9F15O3. The third-order valence-electron chi connectivity index (χ3n) is 2.87. The number of ether oxygens (including phenoxy) is 3. The molecule has 0 bridgehead atoms. The molecule has 0 saturated heterocycles. The Morgan fingerprint density at radius 3 is 1.48 bits per heavy atom. The van der Waals surface area contributed by atoms with Gasteiger partial charge in [0.2, 0.25) is 0 Å². The molecule has 184 valence electrons. The third kappa shape index (κ3) is 6.68. The van der Waals surface area contributed by atoms with Gasteiger partial charge in [0.25, 0.3) is 0 Å². The Morgan fingerprint density at radius 2 is 1.06 bits per heavy atom. The summed E-state index contributed by atoms with van der Waals surface area (Å²) in [5.41, 5.74) is 0. The lowest BCUT2D eigenvalue weighted by Gasteiger charge is -2.36. The van der Waals surface area contributed by atoms with E-state index in [1.54, 1.807) is 0 Å². The van der Waals surface area contributed by atoms with Gasteiger partial charge >= 0.3 is 42.5 Å². The SMILES string of the molecule is C#CCCCOCC(F)(F)OC(F)(F)C(F)(F)OC(F)(F)C(F)(F)C(F)(F)C(F)(F)F. The highest BCUT2D eigenvalue weighted by atomic mass is 19.4. The van der Waals surface area contributed by atoms with Crippen LogP contribution in [0.4, 0.5) is 65.9 Å². The van der Waals surface area contributed by atoms with Crippen LogP contribution < -0.4 is 0 Å². The molecule has 3 nitrogen and oxygen atoms in total. The minimum absolute atomic E-state index is 0.0691. The highest BCUT2D eigenvalue weighted by Gasteiger charge is 2.85. The molecular weight excluding hydrogens is 489 g/mol. The van der Waals surface area contributed by atoms with Crippen LogP contribution >= 0.6 is 0 Å². The number of rotatable bonds is 12. The summed E-state index contributed by atoms with van der Waals surface area (Å²) in [5, 5.41) is 0. The first kappa shape index (κ1) is 29.4. The van der Waals surface area contributed by atoms with Crippen LogP contribution in [0, 0.1) is 12.3 Å². The second-order valence-corrected chi connectivity index (χ2v) is 5.40. The summed E-state index contributed by atoms with van der Waals surface area (Å²) in [6, 6.07) is 0. The third-order valence-corrected chi connectivity index (χ3v) is 2.87. The molecule has 0 N–H and O–H groups in total. The number of unbranched alkanes of at least 4 members (excludes halogenated alkanes) is 1. The van der Waals surface area contributed by atoms with Crippen LogP contribution in [0.15, 0.2) is 0 Å². The summed E-state index contributed by atoms with van der Waals surface area (Å²) in [4.78, 5) is 0. The van der Waals surface area contributed by atoms with E-state index >= 15 is 0 Å². The first-order valence-electron chi connectivity index (χ1n) is 7.22. The van der Waals surface area contributed by atoms with Crippen molar-refractivity contribution in [2.45, 2.75) is 55.3 Å². The van der Waals surface area contributed by atoms with Gasteiger partial charge in [0.15, 0.2) is 0 Å². The predicted octanol–water partition coefficient (Wildman–Crippen LogP) is 5.65. The molecule has 0 aromatic heterocycles. The standard InChI is InChI=1S/C13H9F15O3/c1-2-3-4-5-29-6-7(14,15)30-12(25,26)13(27,28)31-11(23,24)9(18,19)8(16,17)10(20,21)22/h1H,3-6H2. The Labute approximate surface area is 162 Å². The van der Waals surface area contributed by atoms with Crippen molar-refractivity contribution in [3.8, 4) is 12.3 Å². The van der Waals surface area contributed by atoms with Gasteiger partial charge in [-0.2, -0.15) is 65.9 Å². The summed E-state index contributed by atoms with van der Waals surface area (Å²) in [7, 11) is 0. The molecule has 0 radical (unpaired) electrons. The smallest absolute Gasteiger partial charge is 0.372 e. The van der Waals surface area contributed by atoms with Crippen molar-refractivity contribution in [3.63, 3.8) is 0 Å². The van der Waals surface area contributed by atoms with Crippen molar-refractivity contribution >= 4 is 0 Å². The van der Waals surface area contributed by atoms with Crippen molar-refractivity contribution in [1.82, 2.24) is 0 Å². The Hall–Kier alpha value is -1.61. The van der Waals surface area contributed by atoms with Crippen molar-refractivity contribution < 1.29 is 80.1 Å². The topological polar surface area (TPSA) is 27.7 Å². The summed E-state index contributed by atoms with van der Waals surface area (Å²) in [6.07, 6.45) is -30.3. The lowest BCUT2D eigenvalue weighted by molar-refractivity contribution is -0.543. The quantitative estimate of drug-likeness (QED) is 0.198. The Morgan fingerprint density at radius 1 is 0.613 bits per heavy atom. The van der Waals surface area contributed by atoms with Gasteiger partial charge in [0, 0.05) is 13.0 Å². The van der Waals surface area contributed by atoms with Crippen LogP contribution in [-0.2, 0) is 14.2 Å². The Bertz CT molecular complexity index is 635. The number of terminal acetylenes is 1. The van der Waals surface area contributed by atoms with E-state index in [2.05, 4.69) is 9.47 Å². The fourth-order valence-electron chi connectivity index (χ4n) is 1.39. The van der Waals surface area contributed by atoms with Gasteiger partial charge in [-0.15, -0.1) is 12.3 Å². The highest BCUT2D eigenvalue weighted by molar-refractivity contribution is 4.97. The predicted molar refractivity (Wildman–Crippen MR) is 66.8 cm³/mol. The molecule has 0 saturated carbocycles. The first-order chi connectivity index (χ1) is 13.5. The molecule has 0 fully saturated rings. The average Bonchev–Trinajstić information content (AvgIpc) is 2.50. The highest BCUT2D eigenvalue weighted by Crippen LogP contribution is 2.55. The molecule has 0 aromatic rings. The van der Waals surface area contributed by atoms with Gasteiger partial charge < -0.3 is 4.74 Å². The molecule has 0 amide bonds. The minimum atomic E-state index is -7.89. The zero-order valence-electron chi connectivity index (χ0n) is 14.3. The normalized spacial score (nSPS) is 15.2. The van der Waals surface area contributed by atoms with E-state index < -0.39 is 55.7 Å². The van der Waals surface area contributed by atoms with E-state index in [1.165, 1.54) is 4.74 Å². The van der Waals surface area contributed by atoms with Gasteiger partial charge in [-0.1, -0.05) is 0 Å². The zero-order chi connectivity index (χ0) is 25.2. The molecule has 0 atom stereocenters. The Balaban J connectivity index is 5.53. The molecule has 18 heteroatoms. The number of halogens is 15. The molecule has 0 spiro atoms. The molecule has 0 heterocycles. The maximum absolute atomic E-state index is 13.1. The first-order valence-corrected chi connectivity index (χ1v) is 7.22. The number of alkyl halides is 15. The molecule has 0 aliphatic rings. The van der Waals surface area contributed by atoms with Crippen molar-refractivity contribution in [2.24, 2.45) is 0 Å². The molecule has 0 unspecified atom stereocenters. The molecule has 0 aromatic carbocycles. The van der Waals surface area contributed by atoms with E-state index in [4.69, 9.17) is 6.42 Å². The van der Waals surface area contributed by atoms with Crippen molar-refractivity contribution in [2.75, 3.05) is 13.2 Å². The van der Waals surface area contributed by atoms with Gasteiger partial charge in [0.1, 0.15) is 6.61 Å². The second kappa shape index (κ2) is 9.10. The van der Waals surface area contributed by atoms with Crippen LogP contribution in [-0.4, -0.2) is 55.7 Å². The summed E-state index contributed by atoms with van der Waals surface area (Å²) >= 11 is 0. The van der Waals surface area contributed by atoms with Crippen LogP contribution in [0.1, 0.15) is 12.8 Å². The second-order valence-electron chi connectivity index (χ2n) is 5.40. The lowest BCUT2D eigenvalue weighted by Crippen LogP contribution is -2.64. The maximum Gasteiger partial charge on any atom is 0.460 e. The molecule has 31 heavy (non-hydrogen) atoms. The fourth-order valence-corrected chi connectivity index (χ4v) is 1.39. The molecule has 0 aliphatic heterocycles. The number of hydrogen-bond acceptors (Lipinski definition) is 3. The Kier molecular flexibility index (Phi) is 8.62. The summed E-state index contributed by atoms with van der Waals surface area (Å²) in [6.45, 7) is -2.90. The van der Waals surface area contributed by atoms with Gasteiger partial charge in [0.05, 0.1) is 0 Å². The largest absolute Gasteiger partial charge is 0.460 e. The average molecular weight is 498 g/mol. The summed E-state index contributed by atoms with van der Waals surface area (Å²) < 4.78 is 199. The lowest BCUT2D eigenvalue weighted by atomic mass is 10.1. The summed E-state index contributed by atoms with van der Waals surface area (Å²) in [5.74, 6) is -13.7. The number of hydrogen-bond donors (Lipinski definition) is 0. The van der Waals surface area contributed by atoms with Crippen LogP contribution in [0.5, 0.6) is 0 Å². The van der Waals surface area contributed by atoms with Crippen molar-refractivity contribution in [3.05, 3.63) is 0 Å². The van der Waals surface area contributed by atoms with E-state index in [9.17, 15) is 65.9 Å². The van der Waals surface area contributed by atoms with Gasteiger partial charge in [-0.3, -0.25) is 0 Å². The van der Waals surface area contributed by atoms with E-state index in [-0.39, 0.29) is 12.8 Å². The fraction of sp³-hybridized carbons (Fsp3) is 0.846.